The predicted octanol–water partition coefficient (Wildman–Crippen LogP) is -0.422. The van der Waals surface area contributed by atoms with Crippen molar-refractivity contribution in [3.8, 4) is 0 Å². The average molecular weight is 330 g/mol. The van der Waals surface area contributed by atoms with E-state index in [2.05, 4.69) is 20.4 Å². The van der Waals surface area contributed by atoms with E-state index in [0.29, 0.717) is 25.6 Å². The number of anilines is 1. The molecule has 1 fully saturated rings. The van der Waals surface area contributed by atoms with Gasteiger partial charge in [-0.15, -0.1) is 0 Å². The lowest BCUT2D eigenvalue weighted by Crippen LogP contribution is -2.55. The van der Waals surface area contributed by atoms with Crippen molar-refractivity contribution in [2.75, 3.05) is 31.6 Å². The lowest BCUT2D eigenvalue weighted by atomic mass is 10.3. The number of carbonyl (C=O) groups is 1. The van der Waals surface area contributed by atoms with E-state index in [4.69, 9.17) is 0 Å². The van der Waals surface area contributed by atoms with Gasteiger partial charge < -0.3 is 19.7 Å². The molecule has 3 rings (SSSR count). The third kappa shape index (κ3) is 3.24. The summed E-state index contributed by atoms with van der Waals surface area (Å²) in [6.45, 7) is 2.16. The molecular formula is C15H22N8O. The van der Waals surface area contributed by atoms with Crippen molar-refractivity contribution in [1.29, 1.82) is 0 Å². The highest BCUT2D eigenvalue weighted by atomic mass is 16.2. The Hall–Kier alpha value is -2.84. The Morgan fingerprint density at radius 1 is 1.38 bits per heavy atom. The highest BCUT2D eigenvalue weighted by molar-refractivity contribution is 5.98. The van der Waals surface area contributed by atoms with Crippen LogP contribution in [0.25, 0.3) is 0 Å². The van der Waals surface area contributed by atoms with Crippen molar-refractivity contribution in [1.82, 2.24) is 29.5 Å². The van der Waals surface area contributed by atoms with Crippen molar-refractivity contribution in [2.24, 2.45) is 19.1 Å². The summed E-state index contributed by atoms with van der Waals surface area (Å²) in [6, 6.07) is 0. The third-order valence-electron chi connectivity index (χ3n) is 4.06. The van der Waals surface area contributed by atoms with E-state index in [9.17, 15) is 4.79 Å². The maximum absolute atomic E-state index is 12.5. The van der Waals surface area contributed by atoms with Gasteiger partial charge in [0.1, 0.15) is 12.4 Å². The number of nitrogens with one attached hydrogen (secondary N) is 1. The molecule has 9 nitrogen and oxygen atoms in total. The second-order valence-electron chi connectivity index (χ2n) is 5.69. The molecular weight excluding hydrogens is 308 g/mol. The number of nitrogens with zero attached hydrogens (tertiary/aromatic N) is 7. The first-order valence-corrected chi connectivity index (χ1v) is 7.79. The summed E-state index contributed by atoms with van der Waals surface area (Å²) >= 11 is 0. The lowest BCUT2D eigenvalue weighted by molar-refractivity contribution is -0.120. The predicted molar refractivity (Wildman–Crippen MR) is 90.5 cm³/mol. The molecule has 1 N–H and O–H groups in total. The van der Waals surface area contributed by atoms with Crippen LogP contribution in [-0.4, -0.2) is 62.8 Å². The maximum Gasteiger partial charge on any atom is 0.246 e. The zero-order valence-corrected chi connectivity index (χ0v) is 14.2. The minimum atomic E-state index is 0.0363. The van der Waals surface area contributed by atoms with Gasteiger partial charge in [-0.1, -0.05) is 0 Å². The van der Waals surface area contributed by atoms with Gasteiger partial charge in [-0.2, -0.15) is 5.10 Å². The molecule has 2 aromatic rings. The molecule has 0 radical (unpaired) electrons. The Labute approximate surface area is 140 Å². The van der Waals surface area contributed by atoms with E-state index in [1.54, 1.807) is 29.0 Å². The molecule has 0 unspecified atom stereocenters. The zero-order valence-electron chi connectivity index (χ0n) is 14.2. The van der Waals surface area contributed by atoms with Crippen LogP contribution < -0.4 is 10.2 Å². The topological polar surface area (TPSA) is 83.6 Å². The Bertz CT molecular complexity index is 746. The Kier molecular flexibility index (Phi) is 4.50. The molecule has 9 heteroatoms. The SMILES string of the molecule is CN=C(NCc1nccn1C)N1CCN(c2cnn(C)c2)C(=O)C1. The summed E-state index contributed by atoms with van der Waals surface area (Å²) in [7, 11) is 5.51. The number of rotatable bonds is 3. The van der Waals surface area contributed by atoms with E-state index in [1.807, 2.05) is 36.0 Å². The van der Waals surface area contributed by atoms with Crippen LogP contribution in [0.5, 0.6) is 0 Å². The van der Waals surface area contributed by atoms with Crippen LogP contribution in [0.1, 0.15) is 5.82 Å². The van der Waals surface area contributed by atoms with E-state index in [-0.39, 0.29) is 12.5 Å². The van der Waals surface area contributed by atoms with Crippen LogP contribution in [-0.2, 0) is 25.4 Å². The maximum atomic E-state index is 12.5. The van der Waals surface area contributed by atoms with E-state index >= 15 is 0 Å². The molecule has 3 heterocycles. The number of piperazine rings is 1. The van der Waals surface area contributed by atoms with E-state index in [1.165, 1.54) is 0 Å². The van der Waals surface area contributed by atoms with Crippen LogP contribution in [0.2, 0.25) is 0 Å². The second-order valence-corrected chi connectivity index (χ2v) is 5.69. The number of aromatic nitrogens is 4. The number of hydrogen-bond donors (Lipinski definition) is 1. The van der Waals surface area contributed by atoms with E-state index in [0.717, 1.165) is 11.5 Å². The Morgan fingerprint density at radius 2 is 2.21 bits per heavy atom. The number of guanidine groups is 1. The first kappa shape index (κ1) is 16.0. The normalized spacial score (nSPS) is 16.0. The van der Waals surface area contributed by atoms with Crippen molar-refractivity contribution in [2.45, 2.75) is 6.54 Å². The summed E-state index contributed by atoms with van der Waals surface area (Å²) in [4.78, 5) is 24.7. The average Bonchev–Trinajstić information content (AvgIpc) is 3.17. The highest BCUT2D eigenvalue weighted by Gasteiger charge is 2.27. The molecule has 0 spiro atoms. The number of aryl methyl sites for hydroxylation is 2. The number of hydrogen-bond acceptors (Lipinski definition) is 4. The summed E-state index contributed by atoms with van der Waals surface area (Å²) < 4.78 is 3.65. The van der Waals surface area contributed by atoms with Gasteiger partial charge in [-0.3, -0.25) is 14.5 Å². The molecule has 2 aromatic heterocycles. The van der Waals surface area contributed by atoms with Crippen LogP contribution in [0, 0.1) is 0 Å². The van der Waals surface area contributed by atoms with Gasteiger partial charge in [0, 0.05) is 52.8 Å². The fourth-order valence-corrected chi connectivity index (χ4v) is 2.73. The first-order chi connectivity index (χ1) is 11.6. The molecule has 0 aromatic carbocycles. The van der Waals surface area contributed by atoms with Gasteiger partial charge in [0.25, 0.3) is 0 Å². The second kappa shape index (κ2) is 6.73. The molecule has 128 valence electrons. The van der Waals surface area contributed by atoms with E-state index < -0.39 is 0 Å². The van der Waals surface area contributed by atoms with Crippen LogP contribution >= 0.6 is 0 Å². The zero-order chi connectivity index (χ0) is 17.1. The van der Waals surface area contributed by atoms with Crippen molar-refractivity contribution in [3.05, 3.63) is 30.6 Å². The fraction of sp³-hybridized carbons (Fsp3) is 0.467. The van der Waals surface area contributed by atoms with Crippen molar-refractivity contribution >= 4 is 17.6 Å². The van der Waals surface area contributed by atoms with Gasteiger partial charge in [-0.05, 0) is 0 Å². The highest BCUT2D eigenvalue weighted by Crippen LogP contribution is 2.16. The van der Waals surface area contributed by atoms with Gasteiger partial charge in [0.15, 0.2) is 5.96 Å². The molecule has 0 aliphatic carbocycles. The summed E-state index contributed by atoms with van der Waals surface area (Å²) in [6.07, 6.45) is 7.22. The summed E-state index contributed by atoms with van der Waals surface area (Å²) in [5, 5.41) is 7.39. The lowest BCUT2D eigenvalue weighted by Gasteiger charge is -2.35. The molecule has 1 amide bonds. The number of imidazole rings is 1. The molecule has 1 aliphatic heterocycles. The minimum absolute atomic E-state index is 0.0363. The first-order valence-electron chi connectivity index (χ1n) is 7.79. The third-order valence-corrected chi connectivity index (χ3v) is 4.06. The summed E-state index contributed by atoms with van der Waals surface area (Å²) in [5.74, 6) is 1.66. The van der Waals surface area contributed by atoms with Crippen molar-refractivity contribution in [3.63, 3.8) is 0 Å². The number of carbonyl (C=O) groups excluding carboxylic acids is 1. The molecule has 24 heavy (non-hydrogen) atoms. The number of aliphatic imine (C=N–C) groups is 1. The smallest absolute Gasteiger partial charge is 0.246 e. The number of amides is 1. The standard InChI is InChI=1S/C15H22N8O/c1-16-15(18-9-13-17-4-5-20(13)2)22-6-7-23(14(24)11-22)12-8-19-21(3)10-12/h4-5,8,10H,6-7,9,11H2,1-3H3,(H,16,18). The van der Waals surface area contributed by atoms with Gasteiger partial charge in [0.2, 0.25) is 5.91 Å². The minimum Gasteiger partial charge on any atom is -0.349 e. The van der Waals surface area contributed by atoms with Crippen LogP contribution in [0.4, 0.5) is 5.69 Å². The van der Waals surface area contributed by atoms with Gasteiger partial charge >= 0.3 is 0 Å². The quantitative estimate of drug-likeness (QED) is 0.610. The van der Waals surface area contributed by atoms with Crippen LogP contribution in [0.3, 0.4) is 0 Å². The molecule has 0 bridgehead atoms. The largest absolute Gasteiger partial charge is 0.349 e. The molecule has 0 saturated carbocycles. The molecule has 1 aliphatic rings. The monoisotopic (exact) mass is 330 g/mol. The van der Waals surface area contributed by atoms with Gasteiger partial charge in [-0.25, -0.2) is 4.98 Å². The van der Waals surface area contributed by atoms with Crippen LogP contribution in [0.15, 0.2) is 29.8 Å². The Morgan fingerprint density at radius 3 is 2.79 bits per heavy atom. The molecule has 0 atom stereocenters. The Balaban J connectivity index is 1.61. The van der Waals surface area contributed by atoms with Crippen molar-refractivity contribution < 1.29 is 4.79 Å². The molecule has 1 saturated heterocycles. The van der Waals surface area contributed by atoms with Gasteiger partial charge in [0.05, 0.1) is 18.4 Å². The summed E-state index contributed by atoms with van der Waals surface area (Å²) in [5.41, 5.74) is 0.832. The fourth-order valence-electron chi connectivity index (χ4n) is 2.73.